The van der Waals surface area contributed by atoms with Crippen LogP contribution in [-0.4, -0.2) is 22.1 Å². The third kappa shape index (κ3) is 4.20. The third-order valence-electron chi connectivity index (χ3n) is 3.95. The number of hydrogen-bond acceptors (Lipinski definition) is 5. The number of hydrogen-bond donors (Lipinski definition) is 1. The van der Waals surface area contributed by atoms with Crippen LogP contribution in [0.3, 0.4) is 0 Å². The molecule has 1 N–H and O–H groups in total. The van der Waals surface area contributed by atoms with Crippen molar-refractivity contribution < 1.29 is 4.79 Å². The quantitative estimate of drug-likeness (QED) is 0.641. The van der Waals surface area contributed by atoms with Crippen LogP contribution in [0.5, 0.6) is 0 Å². The maximum Gasteiger partial charge on any atom is 0.259 e. The van der Waals surface area contributed by atoms with E-state index in [-0.39, 0.29) is 5.91 Å². The van der Waals surface area contributed by atoms with Gasteiger partial charge in [-0.15, -0.1) is 23.1 Å². The van der Waals surface area contributed by atoms with E-state index < -0.39 is 0 Å². The lowest BCUT2D eigenvalue weighted by atomic mass is 10.0. The predicted octanol–water partition coefficient (Wildman–Crippen LogP) is 4.47. The van der Waals surface area contributed by atoms with Gasteiger partial charge in [-0.3, -0.25) is 15.1 Å². The number of pyridine rings is 1. The molecule has 1 amide bonds. The molecule has 2 aromatic rings. The third-order valence-corrected chi connectivity index (χ3v) is 5.35. The molecule has 120 valence electrons. The Kier molecular flexibility index (Phi) is 5.46. The van der Waals surface area contributed by atoms with E-state index in [1.54, 1.807) is 18.0 Å². The van der Waals surface area contributed by atoms with Gasteiger partial charge in [0.2, 0.25) is 0 Å². The lowest BCUT2D eigenvalue weighted by Crippen LogP contribution is -2.15. The summed E-state index contributed by atoms with van der Waals surface area (Å²) in [4.78, 5) is 22.4. The van der Waals surface area contributed by atoms with Gasteiger partial charge in [-0.25, -0.2) is 4.98 Å². The Hall–Kier alpha value is -1.66. The van der Waals surface area contributed by atoms with Gasteiger partial charge < -0.3 is 0 Å². The zero-order valence-electron chi connectivity index (χ0n) is 13.0. The van der Waals surface area contributed by atoms with Gasteiger partial charge in [0, 0.05) is 22.7 Å². The zero-order valence-corrected chi connectivity index (χ0v) is 14.6. The van der Waals surface area contributed by atoms with E-state index >= 15 is 0 Å². The van der Waals surface area contributed by atoms with E-state index in [1.165, 1.54) is 24.2 Å². The average molecular weight is 345 g/mol. The lowest BCUT2D eigenvalue weighted by Gasteiger charge is -2.10. The number of thiazole rings is 1. The fourth-order valence-electron chi connectivity index (χ4n) is 2.75. The van der Waals surface area contributed by atoms with Crippen molar-refractivity contribution in [2.24, 2.45) is 5.92 Å². The summed E-state index contributed by atoms with van der Waals surface area (Å²) >= 11 is 3.06. The molecule has 1 fully saturated rings. The summed E-state index contributed by atoms with van der Waals surface area (Å²) in [5.74, 6) is 0.338. The highest BCUT2D eigenvalue weighted by atomic mass is 32.2. The summed E-state index contributed by atoms with van der Waals surface area (Å²) in [6.07, 6.45) is 12.4. The lowest BCUT2D eigenvalue weighted by molar-refractivity contribution is -0.111. The molecular weight excluding hydrogens is 326 g/mol. The number of nitrogens with one attached hydrogen (secondary N) is 1. The molecule has 6 heteroatoms. The van der Waals surface area contributed by atoms with Crippen molar-refractivity contribution in [1.82, 2.24) is 9.97 Å². The van der Waals surface area contributed by atoms with Crippen molar-refractivity contribution >= 4 is 39.7 Å². The highest BCUT2D eigenvalue weighted by Crippen LogP contribution is 2.29. The van der Waals surface area contributed by atoms with Gasteiger partial charge in [0.25, 0.3) is 5.91 Å². The van der Waals surface area contributed by atoms with Crippen LogP contribution in [0.4, 0.5) is 5.13 Å². The Morgan fingerprint density at radius 1 is 1.35 bits per heavy atom. The normalized spacial score (nSPS) is 15.8. The Morgan fingerprint density at radius 2 is 2.17 bits per heavy atom. The zero-order chi connectivity index (χ0) is 16.1. The van der Waals surface area contributed by atoms with Crippen molar-refractivity contribution in [3.63, 3.8) is 0 Å². The summed E-state index contributed by atoms with van der Waals surface area (Å²) in [5.41, 5.74) is 1.38. The summed E-state index contributed by atoms with van der Waals surface area (Å²) in [6.45, 7) is 0. The molecule has 1 aliphatic rings. The molecule has 0 atom stereocenters. The molecule has 0 aliphatic heterocycles. The molecule has 0 aromatic carbocycles. The largest absolute Gasteiger partial charge is 0.298 e. The van der Waals surface area contributed by atoms with Gasteiger partial charge in [-0.05, 0) is 37.1 Å². The topological polar surface area (TPSA) is 54.9 Å². The van der Waals surface area contributed by atoms with E-state index in [9.17, 15) is 4.79 Å². The van der Waals surface area contributed by atoms with Gasteiger partial charge in [-0.2, -0.15) is 0 Å². The first-order chi connectivity index (χ1) is 11.3. The summed E-state index contributed by atoms with van der Waals surface area (Å²) in [7, 11) is 0. The number of carbonyl (C=O) groups is 1. The molecule has 0 saturated heterocycles. The van der Waals surface area contributed by atoms with E-state index in [1.807, 2.05) is 30.0 Å². The van der Waals surface area contributed by atoms with Crippen LogP contribution >= 0.6 is 23.1 Å². The molecule has 4 nitrogen and oxygen atoms in total. The minimum absolute atomic E-state index is 0.128. The van der Waals surface area contributed by atoms with Crippen LogP contribution in [0.2, 0.25) is 0 Å². The molecule has 1 saturated carbocycles. The van der Waals surface area contributed by atoms with E-state index in [4.69, 9.17) is 0 Å². The van der Waals surface area contributed by atoms with Crippen LogP contribution in [0, 0.1) is 5.92 Å². The van der Waals surface area contributed by atoms with E-state index in [2.05, 4.69) is 21.4 Å². The Morgan fingerprint density at radius 3 is 2.78 bits per heavy atom. The van der Waals surface area contributed by atoms with Gasteiger partial charge in [0.15, 0.2) is 5.13 Å². The molecule has 2 heterocycles. The average Bonchev–Trinajstić information content (AvgIpc) is 3.26. The second-order valence-corrected chi connectivity index (χ2v) is 7.27. The van der Waals surface area contributed by atoms with E-state index in [0.29, 0.717) is 16.6 Å². The fourth-order valence-corrected chi connectivity index (χ4v) is 3.63. The fraction of sp³-hybridized carbons (Fsp3) is 0.353. The standard InChI is InChI=1S/C17H19N3OS2/c1-22-13-6-7-15(19-11-13)14(10-12-4-2-3-5-12)16(21)20-17-18-8-9-23-17/h6-12H,2-5H2,1H3,(H,18,20,21)/b14-10+. The van der Waals surface area contributed by atoms with Crippen molar-refractivity contribution in [3.05, 3.63) is 41.7 Å². The molecule has 1 aliphatic carbocycles. The summed E-state index contributed by atoms with van der Waals surface area (Å²) in [6, 6.07) is 3.93. The second kappa shape index (κ2) is 7.75. The van der Waals surface area contributed by atoms with Gasteiger partial charge >= 0.3 is 0 Å². The molecule has 2 aromatic heterocycles. The number of rotatable bonds is 5. The monoisotopic (exact) mass is 345 g/mol. The highest BCUT2D eigenvalue weighted by Gasteiger charge is 2.19. The summed E-state index contributed by atoms with van der Waals surface area (Å²) < 4.78 is 0. The minimum Gasteiger partial charge on any atom is -0.298 e. The first-order valence-corrected chi connectivity index (χ1v) is 9.80. The number of amides is 1. The molecule has 0 radical (unpaired) electrons. The van der Waals surface area contributed by atoms with Crippen molar-refractivity contribution in [1.29, 1.82) is 0 Å². The maximum absolute atomic E-state index is 12.7. The highest BCUT2D eigenvalue weighted by molar-refractivity contribution is 7.98. The van der Waals surface area contributed by atoms with Crippen molar-refractivity contribution in [2.45, 2.75) is 30.6 Å². The molecule has 3 rings (SSSR count). The Labute approximate surface area is 144 Å². The molecule has 23 heavy (non-hydrogen) atoms. The van der Waals surface area contributed by atoms with Crippen molar-refractivity contribution in [3.8, 4) is 0 Å². The summed E-state index contributed by atoms with van der Waals surface area (Å²) in [5, 5.41) is 5.35. The first kappa shape index (κ1) is 16.2. The molecule has 0 bridgehead atoms. The predicted molar refractivity (Wildman–Crippen MR) is 96.7 cm³/mol. The maximum atomic E-state index is 12.7. The first-order valence-electron chi connectivity index (χ1n) is 7.69. The van der Waals surface area contributed by atoms with Crippen molar-refractivity contribution in [2.75, 3.05) is 11.6 Å². The number of nitrogens with zero attached hydrogens (tertiary/aromatic N) is 2. The number of anilines is 1. The van der Waals surface area contributed by atoms with Crippen LogP contribution in [0.15, 0.2) is 40.9 Å². The van der Waals surface area contributed by atoms with Gasteiger partial charge in [0.05, 0.1) is 11.3 Å². The molecular formula is C17H19N3OS2. The number of allylic oxidation sites excluding steroid dienone is 1. The SMILES string of the molecule is CSc1ccc(/C(=C\C2CCCC2)C(=O)Nc2nccs2)nc1. The number of aromatic nitrogens is 2. The van der Waals surface area contributed by atoms with Crippen LogP contribution in [0.25, 0.3) is 5.57 Å². The van der Waals surface area contributed by atoms with Gasteiger partial charge in [-0.1, -0.05) is 18.9 Å². The smallest absolute Gasteiger partial charge is 0.259 e. The minimum atomic E-state index is -0.128. The van der Waals surface area contributed by atoms with E-state index in [0.717, 1.165) is 23.4 Å². The molecule has 0 spiro atoms. The van der Waals surface area contributed by atoms with Crippen LogP contribution < -0.4 is 5.32 Å². The van der Waals surface area contributed by atoms with Crippen LogP contribution in [0.1, 0.15) is 31.4 Å². The van der Waals surface area contributed by atoms with Gasteiger partial charge in [0.1, 0.15) is 0 Å². The Bertz CT molecular complexity index is 674. The number of carbonyl (C=O) groups excluding carboxylic acids is 1. The Balaban J connectivity index is 1.87. The number of thioether (sulfide) groups is 1. The molecule has 0 unspecified atom stereocenters. The second-order valence-electron chi connectivity index (χ2n) is 5.50. The van der Waals surface area contributed by atoms with Crippen LogP contribution in [-0.2, 0) is 4.79 Å².